The van der Waals surface area contributed by atoms with Crippen molar-refractivity contribution < 1.29 is 4.74 Å². The number of aromatic nitrogens is 9. The van der Waals surface area contributed by atoms with Crippen LogP contribution >= 0.6 is 0 Å². The van der Waals surface area contributed by atoms with Crippen LogP contribution in [-0.4, -0.2) is 45.0 Å². The van der Waals surface area contributed by atoms with Crippen LogP contribution in [0.2, 0.25) is 0 Å². The summed E-state index contributed by atoms with van der Waals surface area (Å²) in [5, 5.41) is 19.9. The number of nitrogens with one attached hydrogen (secondary N) is 1. The number of nitrogens with zero attached hydrogens (tertiary/aromatic N) is 8. The first-order valence-electron chi connectivity index (χ1n) is 8.90. The molecule has 4 aromatic heterocycles. The SMILES string of the molecule is CC(Oc1nn2c(-c3cnccn3)nnc2cc1-c1ccccc1)c1nc[nH]n1. The Balaban J connectivity index is 1.66. The van der Waals surface area contributed by atoms with Gasteiger partial charge in [0, 0.05) is 18.0 Å². The molecule has 10 nitrogen and oxygen atoms in total. The van der Waals surface area contributed by atoms with Crippen LogP contribution in [0.25, 0.3) is 28.3 Å². The third-order valence-electron chi connectivity index (χ3n) is 4.32. The molecule has 0 saturated carbocycles. The first-order valence-corrected chi connectivity index (χ1v) is 8.90. The number of benzene rings is 1. The summed E-state index contributed by atoms with van der Waals surface area (Å²) in [6.07, 6.45) is 5.90. The number of H-pyrrole nitrogens is 1. The lowest BCUT2D eigenvalue weighted by Gasteiger charge is -2.15. The standard InChI is InChI=1S/C19H15N9O/c1-12(17-22-11-23-25-17)29-19-14(13-5-3-2-4-6-13)9-16-24-26-18(28(16)27-19)15-10-20-7-8-21-15/h2-12H,1H3,(H,22,23,25). The van der Waals surface area contributed by atoms with Gasteiger partial charge in [0.05, 0.1) is 6.20 Å². The van der Waals surface area contributed by atoms with Gasteiger partial charge in [0.15, 0.2) is 17.6 Å². The minimum Gasteiger partial charge on any atom is -0.465 e. The molecule has 0 aliphatic carbocycles. The first-order chi connectivity index (χ1) is 14.3. The molecule has 1 atom stereocenters. The quantitative estimate of drug-likeness (QED) is 0.490. The van der Waals surface area contributed by atoms with Crippen molar-refractivity contribution in [3.05, 3.63) is 67.1 Å². The smallest absolute Gasteiger partial charge is 0.240 e. The van der Waals surface area contributed by atoms with E-state index in [0.717, 1.165) is 11.1 Å². The molecule has 0 saturated heterocycles. The van der Waals surface area contributed by atoms with E-state index in [-0.39, 0.29) is 0 Å². The Morgan fingerprint density at radius 1 is 1.07 bits per heavy atom. The highest BCUT2D eigenvalue weighted by Crippen LogP contribution is 2.32. The Kier molecular flexibility index (Phi) is 4.13. The lowest BCUT2D eigenvalue weighted by Crippen LogP contribution is -2.09. The molecule has 5 rings (SSSR count). The first kappa shape index (κ1) is 16.9. The molecule has 1 N–H and O–H groups in total. The Bertz CT molecular complexity index is 1240. The zero-order valence-electron chi connectivity index (χ0n) is 15.3. The second kappa shape index (κ2) is 7.08. The van der Waals surface area contributed by atoms with Crippen molar-refractivity contribution in [2.45, 2.75) is 13.0 Å². The number of fused-ring (bicyclic) bond motifs is 1. The van der Waals surface area contributed by atoms with Crippen LogP contribution in [0.1, 0.15) is 18.9 Å². The van der Waals surface area contributed by atoms with Crippen molar-refractivity contribution in [2.75, 3.05) is 0 Å². The maximum Gasteiger partial charge on any atom is 0.240 e. The number of aromatic amines is 1. The second-order valence-corrected chi connectivity index (χ2v) is 6.23. The van der Waals surface area contributed by atoms with Gasteiger partial charge < -0.3 is 4.74 Å². The van der Waals surface area contributed by atoms with Gasteiger partial charge in [-0.2, -0.15) is 9.61 Å². The molecule has 0 aliphatic rings. The fraction of sp³-hybridized carbons (Fsp3) is 0.105. The molecule has 0 spiro atoms. The van der Waals surface area contributed by atoms with E-state index in [0.29, 0.717) is 28.9 Å². The average molecular weight is 385 g/mol. The highest BCUT2D eigenvalue weighted by Gasteiger charge is 2.20. The van der Waals surface area contributed by atoms with Gasteiger partial charge in [-0.1, -0.05) is 30.3 Å². The summed E-state index contributed by atoms with van der Waals surface area (Å²) in [5.74, 6) is 1.41. The van der Waals surface area contributed by atoms with Gasteiger partial charge in [0.2, 0.25) is 11.7 Å². The molecule has 0 amide bonds. The molecule has 5 aromatic rings. The zero-order chi connectivity index (χ0) is 19.6. The van der Waals surface area contributed by atoms with Crippen LogP contribution in [0.5, 0.6) is 5.88 Å². The average Bonchev–Trinajstić information content (AvgIpc) is 3.44. The lowest BCUT2D eigenvalue weighted by atomic mass is 10.1. The summed E-state index contributed by atoms with van der Waals surface area (Å²) in [5.41, 5.74) is 2.87. The largest absolute Gasteiger partial charge is 0.465 e. The van der Waals surface area contributed by atoms with Crippen molar-refractivity contribution in [3.63, 3.8) is 0 Å². The van der Waals surface area contributed by atoms with E-state index in [1.807, 2.05) is 43.3 Å². The molecule has 1 unspecified atom stereocenters. The molecule has 29 heavy (non-hydrogen) atoms. The molecule has 0 fully saturated rings. The number of ether oxygens (including phenoxy) is 1. The third-order valence-corrected chi connectivity index (χ3v) is 4.32. The zero-order valence-corrected chi connectivity index (χ0v) is 15.3. The molecular weight excluding hydrogens is 370 g/mol. The van der Waals surface area contributed by atoms with Crippen LogP contribution in [0.4, 0.5) is 0 Å². The number of hydrogen-bond acceptors (Lipinski definition) is 8. The molecule has 10 heteroatoms. The summed E-state index contributed by atoms with van der Waals surface area (Å²) < 4.78 is 7.74. The Hall–Kier alpha value is -4.21. The highest BCUT2D eigenvalue weighted by molar-refractivity contribution is 5.72. The summed E-state index contributed by atoms with van der Waals surface area (Å²) in [4.78, 5) is 12.5. The van der Waals surface area contributed by atoms with Crippen molar-refractivity contribution in [1.82, 2.24) is 45.0 Å². The van der Waals surface area contributed by atoms with E-state index in [4.69, 9.17) is 4.74 Å². The highest BCUT2D eigenvalue weighted by atomic mass is 16.5. The van der Waals surface area contributed by atoms with E-state index in [9.17, 15) is 0 Å². The van der Waals surface area contributed by atoms with Gasteiger partial charge in [0.1, 0.15) is 12.0 Å². The number of hydrogen-bond donors (Lipinski definition) is 1. The fourth-order valence-corrected chi connectivity index (χ4v) is 2.94. The van der Waals surface area contributed by atoms with Gasteiger partial charge in [-0.05, 0) is 18.6 Å². The lowest BCUT2D eigenvalue weighted by molar-refractivity contribution is 0.206. The van der Waals surface area contributed by atoms with Crippen LogP contribution in [0, 0.1) is 0 Å². The van der Waals surface area contributed by atoms with Crippen molar-refractivity contribution in [1.29, 1.82) is 0 Å². The van der Waals surface area contributed by atoms with Gasteiger partial charge in [-0.15, -0.1) is 15.3 Å². The number of rotatable bonds is 5. The van der Waals surface area contributed by atoms with Crippen LogP contribution < -0.4 is 4.74 Å². The summed E-state index contributed by atoms with van der Waals surface area (Å²) >= 11 is 0. The molecule has 4 heterocycles. The maximum absolute atomic E-state index is 6.14. The summed E-state index contributed by atoms with van der Waals surface area (Å²) in [7, 11) is 0. The maximum atomic E-state index is 6.14. The summed E-state index contributed by atoms with van der Waals surface area (Å²) in [6, 6.07) is 11.7. The third kappa shape index (κ3) is 3.16. The van der Waals surface area contributed by atoms with Crippen molar-refractivity contribution in [2.24, 2.45) is 0 Å². The van der Waals surface area contributed by atoms with Crippen molar-refractivity contribution in [3.8, 4) is 28.5 Å². The molecular formula is C19H15N9O. The predicted molar refractivity (Wildman–Crippen MR) is 103 cm³/mol. The monoisotopic (exact) mass is 385 g/mol. The topological polar surface area (TPSA) is 120 Å². The Morgan fingerprint density at radius 3 is 2.72 bits per heavy atom. The summed E-state index contributed by atoms with van der Waals surface area (Å²) in [6.45, 7) is 1.86. The van der Waals surface area contributed by atoms with Crippen LogP contribution in [-0.2, 0) is 0 Å². The minimum absolute atomic E-state index is 0.408. The predicted octanol–water partition coefficient (Wildman–Crippen LogP) is 2.51. The van der Waals surface area contributed by atoms with E-state index in [1.54, 1.807) is 23.1 Å². The van der Waals surface area contributed by atoms with Gasteiger partial charge >= 0.3 is 0 Å². The molecule has 0 radical (unpaired) electrons. The van der Waals surface area contributed by atoms with E-state index < -0.39 is 6.10 Å². The van der Waals surface area contributed by atoms with E-state index >= 15 is 0 Å². The van der Waals surface area contributed by atoms with Gasteiger partial charge in [-0.3, -0.25) is 10.1 Å². The van der Waals surface area contributed by atoms with Crippen LogP contribution in [0.3, 0.4) is 0 Å². The Morgan fingerprint density at radius 2 is 1.97 bits per heavy atom. The van der Waals surface area contributed by atoms with Gasteiger partial charge in [0.25, 0.3) is 0 Å². The van der Waals surface area contributed by atoms with Crippen molar-refractivity contribution >= 4 is 5.65 Å². The van der Waals surface area contributed by atoms with Gasteiger partial charge in [-0.25, -0.2) is 9.97 Å². The molecule has 1 aromatic carbocycles. The molecule has 0 bridgehead atoms. The minimum atomic E-state index is -0.412. The van der Waals surface area contributed by atoms with E-state index in [1.165, 1.54) is 6.33 Å². The van der Waals surface area contributed by atoms with E-state index in [2.05, 4.69) is 40.4 Å². The molecule has 142 valence electrons. The molecule has 0 aliphatic heterocycles. The van der Waals surface area contributed by atoms with Crippen LogP contribution in [0.15, 0.2) is 61.3 Å². The fourth-order valence-electron chi connectivity index (χ4n) is 2.94. The normalized spacial score (nSPS) is 12.2. The second-order valence-electron chi connectivity index (χ2n) is 6.23. The Labute approximate surface area is 164 Å².